The molecule has 0 fully saturated rings. The zero-order chi connectivity index (χ0) is 34.3. The molecule has 0 saturated carbocycles. The zero-order valence-corrected chi connectivity index (χ0v) is 29.1. The number of nitro groups is 1. The van der Waals surface area contributed by atoms with Gasteiger partial charge in [-0.3, -0.25) is 15.4 Å². The maximum atomic E-state index is 13.0. The number of benzene rings is 4. The molecule has 8 heteroatoms. The third kappa shape index (κ3) is 6.18. The first-order valence-corrected chi connectivity index (χ1v) is 17.7. The van der Waals surface area contributed by atoms with Crippen molar-refractivity contribution < 1.29 is 22.0 Å². The van der Waals surface area contributed by atoms with Crippen molar-refractivity contribution in [2.75, 3.05) is 0 Å². The predicted octanol–water partition coefficient (Wildman–Crippen LogP) is 7.24. The van der Waals surface area contributed by atoms with Crippen molar-refractivity contribution in [2.45, 2.75) is 47.8 Å². The minimum Gasteiger partial charge on any atom is -0.664 e. The molecule has 0 aliphatic carbocycles. The van der Waals surface area contributed by atoms with E-state index in [9.17, 15) is 10.1 Å². The fourth-order valence-electron chi connectivity index (χ4n) is 8.59. The molecule has 0 saturated heterocycles. The number of nitrogens with one attached hydrogen (secondary N) is 2. The maximum absolute atomic E-state index is 13.0. The van der Waals surface area contributed by atoms with Crippen molar-refractivity contribution in [1.29, 1.82) is 0 Å². The molecule has 3 aliphatic heterocycles. The van der Waals surface area contributed by atoms with Gasteiger partial charge in [0, 0.05) is 47.9 Å². The Bertz CT molecular complexity index is 2200. The Labute approximate surface area is 313 Å². The molecule has 1 radical (unpaired) electrons. The van der Waals surface area contributed by atoms with Gasteiger partial charge in [-0.2, -0.15) is 22.8 Å². The van der Waals surface area contributed by atoms with Crippen molar-refractivity contribution in [3.8, 4) is 0 Å². The van der Waals surface area contributed by atoms with Gasteiger partial charge in [0.2, 0.25) is 0 Å². The smallest absolute Gasteiger partial charge is 0.664 e. The summed E-state index contributed by atoms with van der Waals surface area (Å²) >= 11 is 0. The molecule has 2 N–H and O–H groups in total. The van der Waals surface area contributed by atoms with E-state index in [1.54, 1.807) is 0 Å². The van der Waals surface area contributed by atoms with Crippen LogP contribution in [0.25, 0.3) is 0 Å². The zero-order valence-electron chi connectivity index (χ0n) is 28.2. The van der Waals surface area contributed by atoms with Crippen molar-refractivity contribution in [3.05, 3.63) is 225 Å². The summed E-state index contributed by atoms with van der Waals surface area (Å²) in [6, 6.07) is 48.7. The number of hydrogen-bond acceptors (Lipinski definition) is 4. The summed E-state index contributed by atoms with van der Waals surface area (Å²) in [6.45, 7) is 0. The number of aromatic nitrogens is 2. The summed E-state index contributed by atoms with van der Waals surface area (Å²) < 4.78 is 0. The van der Waals surface area contributed by atoms with Crippen LogP contribution in [0.4, 0.5) is 0 Å². The molecule has 8 unspecified atom stereocenters. The molecule has 3 aliphatic rings. The van der Waals surface area contributed by atoms with Gasteiger partial charge in [-0.25, -0.2) is 0 Å². The first-order valence-electron chi connectivity index (χ1n) is 17.7. The summed E-state index contributed by atoms with van der Waals surface area (Å²) in [6.07, 6.45) is 6.40. The Morgan fingerprint density at radius 1 is 0.462 bits per heavy atom. The Balaban J connectivity index is 0.00000387. The second-order valence-corrected chi connectivity index (χ2v) is 13.8. The number of fused-ring (bicyclic) bond motifs is 8. The van der Waals surface area contributed by atoms with Crippen LogP contribution >= 0.6 is 0 Å². The molecular formula is C44H37CuN5O2. The molecule has 6 aromatic rings. The predicted molar refractivity (Wildman–Crippen MR) is 198 cm³/mol. The van der Waals surface area contributed by atoms with Crippen LogP contribution in [0.1, 0.15) is 68.7 Å². The SMILES string of the molecule is O=[N+]([O-])C1=CC2NC1C(c1ccccc1)c1ccc([n-]1)C(c1ccccc1)C1C=CC(N1)C(c1ccccc1)c1ccc([n-]1)C2c1ccccc1.[Cu+2]. The summed E-state index contributed by atoms with van der Waals surface area (Å²) in [5, 5.41) is 20.7. The molecule has 8 atom stereocenters. The summed E-state index contributed by atoms with van der Waals surface area (Å²) in [5.41, 5.74) is 8.09. The van der Waals surface area contributed by atoms with E-state index in [2.05, 4.69) is 108 Å². The minimum atomic E-state index is -0.621. The van der Waals surface area contributed by atoms with Crippen molar-refractivity contribution in [3.63, 3.8) is 0 Å². The van der Waals surface area contributed by atoms with Gasteiger partial charge >= 0.3 is 17.1 Å². The van der Waals surface area contributed by atoms with Gasteiger partial charge in [0.15, 0.2) is 0 Å². The van der Waals surface area contributed by atoms with Crippen LogP contribution in [0, 0.1) is 10.1 Å². The molecule has 8 bridgehead atoms. The molecule has 52 heavy (non-hydrogen) atoms. The Kier molecular flexibility index (Phi) is 9.39. The normalized spacial score (nSPS) is 26.3. The Hall–Kier alpha value is -5.24. The van der Waals surface area contributed by atoms with E-state index in [1.165, 1.54) is 5.56 Å². The van der Waals surface area contributed by atoms with E-state index in [-0.39, 0.29) is 63.6 Å². The molecule has 5 heterocycles. The van der Waals surface area contributed by atoms with Crippen molar-refractivity contribution in [1.82, 2.24) is 20.6 Å². The molecule has 0 amide bonds. The van der Waals surface area contributed by atoms with Gasteiger partial charge in [0.05, 0.1) is 4.92 Å². The summed E-state index contributed by atoms with van der Waals surface area (Å²) in [7, 11) is 0. The molecule has 261 valence electrons. The van der Waals surface area contributed by atoms with Gasteiger partial charge in [0.1, 0.15) is 6.04 Å². The largest absolute Gasteiger partial charge is 2.00 e. The van der Waals surface area contributed by atoms with Gasteiger partial charge in [-0.1, -0.05) is 158 Å². The number of hydrogen-bond donors (Lipinski definition) is 2. The number of rotatable bonds is 5. The second kappa shape index (κ2) is 14.4. The van der Waals surface area contributed by atoms with Crippen LogP contribution in [-0.4, -0.2) is 29.1 Å². The quantitative estimate of drug-likeness (QED) is 0.0841. The molecule has 0 spiro atoms. The van der Waals surface area contributed by atoms with Crippen LogP contribution in [0.15, 0.2) is 170 Å². The average Bonchev–Trinajstić information content (AvgIpc) is 4.00. The molecule has 4 aromatic carbocycles. The van der Waals surface area contributed by atoms with Gasteiger partial charge in [-0.15, -0.1) is 0 Å². The van der Waals surface area contributed by atoms with Crippen LogP contribution < -0.4 is 20.6 Å². The topological polar surface area (TPSA) is 95.4 Å². The van der Waals surface area contributed by atoms with E-state index in [0.717, 1.165) is 39.5 Å². The minimum absolute atomic E-state index is 0. The van der Waals surface area contributed by atoms with Crippen LogP contribution in [0.3, 0.4) is 0 Å². The van der Waals surface area contributed by atoms with E-state index >= 15 is 0 Å². The van der Waals surface area contributed by atoms with E-state index < -0.39 is 12.0 Å². The first-order chi connectivity index (χ1) is 25.1. The third-order valence-electron chi connectivity index (χ3n) is 10.8. The van der Waals surface area contributed by atoms with Gasteiger partial charge < -0.3 is 15.3 Å². The fraction of sp³-hybridized carbons (Fsp3) is 0.182. The second-order valence-electron chi connectivity index (χ2n) is 13.8. The molecule has 7 nitrogen and oxygen atoms in total. The maximum Gasteiger partial charge on any atom is 2.00 e. The van der Waals surface area contributed by atoms with Crippen LogP contribution in [0.2, 0.25) is 0 Å². The number of nitrogens with zero attached hydrogens (tertiary/aromatic N) is 3. The average molecular weight is 731 g/mol. The van der Waals surface area contributed by atoms with E-state index in [1.807, 2.05) is 66.7 Å². The first kappa shape index (κ1) is 33.9. The molecular weight excluding hydrogens is 694 g/mol. The Morgan fingerprint density at radius 3 is 1.19 bits per heavy atom. The monoisotopic (exact) mass is 730 g/mol. The summed E-state index contributed by atoms with van der Waals surface area (Å²) in [5.74, 6) is -0.789. The fourth-order valence-corrected chi connectivity index (χ4v) is 8.59. The van der Waals surface area contributed by atoms with E-state index in [4.69, 9.17) is 9.97 Å². The summed E-state index contributed by atoms with van der Waals surface area (Å²) in [4.78, 5) is 23.5. The van der Waals surface area contributed by atoms with Gasteiger partial charge in [-0.05, 0) is 22.3 Å². The molecule has 2 aromatic heterocycles. The van der Waals surface area contributed by atoms with E-state index in [0.29, 0.717) is 0 Å². The Morgan fingerprint density at radius 2 is 0.808 bits per heavy atom. The standard InChI is InChI=1S/C44H37N5O2.Cu/c50-49(51)39-27-38-42(30-17-9-3-10-18-30)36-24-23-34(46-36)40(28-13-5-1-6-14-28)32-21-22-33(45-32)41(29-15-7-2-8-16-29)35-25-26-37(47-35)43(44(39)48-38)31-19-11-4-12-20-31;/h1-27,32-33,38,40-45,48H;/q-2;+2. The van der Waals surface area contributed by atoms with Crippen LogP contribution in [0.5, 0.6) is 0 Å². The van der Waals surface area contributed by atoms with Crippen molar-refractivity contribution >= 4 is 0 Å². The van der Waals surface area contributed by atoms with Crippen molar-refractivity contribution in [2.24, 2.45) is 0 Å². The van der Waals surface area contributed by atoms with Gasteiger partial charge in [0.25, 0.3) is 5.70 Å². The molecule has 9 rings (SSSR count). The van der Waals surface area contributed by atoms with Crippen LogP contribution in [-0.2, 0) is 17.1 Å². The third-order valence-corrected chi connectivity index (χ3v) is 10.8.